The maximum absolute atomic E-state index is 12.7. The van der Waals surface area contributed by atoms with E-state index in [-0.39, 0.29) is 5.91 Å². The van der Waals surface area contributed by atoms with E-state index >= 15 is 0 Å². The number of hydrogen-bond donors (Lipinski definition) is 1. The largest absolute Gasteiger partial charge is 0.359 e. The van der Waals surface area contributed by atoms with Crippen LogP contribution in [0.2, 0.25) is 0 Å². The van der Waals surface area contributed by atoms with Crippen LogP contribution in [0.25, 0.3) is 0 Å². The van der Waals surface area contributed by atoms with Gasteiger partial charge in [-0.15, -0.1) is 0 Å². The predicted octanol–water partition coefficient (Wildman–Crippen LogP) is 3.70. The van der Waals surface area contributed by atoms with Crippen LogP contribution in [0.3, 0.4) is 0 Å². The van der Waals surface area contributed by atoms with Crippen LogP contribution in [-0.4, -0.2) is 29.5 Å². The van der Waals surface area contributed by atoms with E-state index in [2.05, 4.69) is 20.2 Å². The van der Waals surface area contributed by atoms with Gasteiger partial charge in [0.15, 0.2) is 0 Å². The van der Waals surface area contributed by atoms with Gasteiger partial charge in [0.25, 0.3) is 5.91 Å². The van der Waals surface area contributed by atoms with Crippen molar-refractivity contribution in [2.45, 2.75) is 26.8 Å². The van der Waals surface area contributed by atoms with Crippen LogP contribution in [-0.2, 0) is 13.0 Å². The highest BCUT2D eigenvalue weighted by molar-refractivity contribution is 5.97. The second kappa shape index (κ2) is 9.13. The van der Waals surface area contributed by atoms with Crippen LogP contribution in [0.5, 0.6) is 0 Å². The summed E-state index contributed by atoms with van der Waals surface area (Å²) in [4.78, 5) is 23.7. The van der Waals surface area contributed by atoms with E-state index in [1.54, 1.807) is 6.20 Å². The Bertz CT molecular complexity index is 920. The van der Waals surface area contributed by atoms with Gasteiger partial charge in [0, 0.05) is 55.8 Å². The Balaban J connectivity index is 1.67. The summed E-state index contributed by atoms with van der Waals surface area (Å²) >= 11 is 0. The van der Waals surface area contributed by atoms with Crippen LogP contribution in [0.4, 0.5) is 5.82 Å². The molecule has 0 aliphatic carbocycles. The van der Waals surface area contributed by atoms with Gasteiger partial charge in [0.2, 0.25) is 0 Å². The molecule has 2 aromatic heterocycles. The minimum Gasteiger partial charge on any atom is -0.359 e. The number of likely N-dealkylation sites (N-methyl/N-ethyl adjacent to an activating group) is 1. The maximum Gasteiger partial charge on any atom is 0.252 e. The quantitative estimate of drug-likeness (QED) is 0.685. The Morgan fingerprint density at radius 1 is 0.964 bits per heavy atom. The molecular formula is C23H26N4O. The zero-order valence-corrected chi connectivity index (χ0v) is 16.6. The number of nitrogens with one attached hydrogen (secondary N) is 1. The molecule has 2 heterocycles. The van der Waals surface area contributed by atoms with Crippen LogP contribution in [0, 0.1) is 13.8 Å². The minimum absolute atomic E-state index is 0.0541. The van der Waals surface area contributed by atoms with Gasteiger partial charge in [-0.05, 0) is 43.2 Å². The monoisotopic (exact) mass is 374 g/mol. The van der Waals surface area contributed by atoms with Gasteiger partial charge >= 0.3 is 0 Å². The van der Waals surface area contributed by atoms with E-state index in [0.29, 0.717) is 6.54 Å². The van der Waals surface area contributed by atoms with Gasteiger partial charge in [-0.3, -0.25) is 9.78 Å². The predicted molar refractivity (Wildman–Crippen MR) is 113 cm³/mol. The van der Waals surface area contributed by atoms with Gasteiger partial charge in [-0.25, -0.2) is 4.98 Å². The van der Waals surface area contributed by atoms with Gasteiger partial charge in [-0.2, -0.15) is 0 Å². The summed E-state index contributed by atoms with van der Waals surface area (Å²) in [6, 6.07) is 15.7. The maximum atomic E-state index is 12.7. The number of hydrogen-bond acceptors (Lipinski definition) is 4. The molecule has 5 heteroatoms. The highest BCUT2D eigenvalue weighted by atomic mass is 16.1. The Labute approximate surface area is 166 Å². The zero-order valence-electron chi connectivity index (χ0n) is 16.6. The number of nitrogens with zero attached hydrogens (tertiary/aromatic N) is 3. The Morgan fingerprint density at radius 2 is 1.71 bits per heavy atom. The molecule has 1 aromatic carbocycles. The van der Waals surface area contributed by atoms with Gasteiger partial charge < -0.3 is 10.2 Å². The van der Waals surface area contributed by atoms with Crippen molar-refractivity contribution in [3.05, 3.63) is 88.9 Å². The number of aromatic nitrogens is 2. The highest BCUT2D eigenvalue weighted by Crippen LogP contribution is 2.17. The molecule has 0 radical (unpaired) electrons. The Kier molecular flexibility index (Phi) is 6.37. The first-order chi connectivity index (χ1) is 13.6. The average Bonchev–Trinajstić information content (AvgIpc) is 2.71. The smallest absolute Gasteiger partial charge is 0.252 e. The van der Waals surface area contributed by atoms with Crippen molar-refractivity contribution in [1.82, 2.24) is 15.3 Å². The third kappa shape index (κ3) is 4.74. The van der Waals surface area contributed by atoms with E-state index in [9.17, 15) is 4.79 Å². The minimum atomic E-state index is -0.0541. The third-order valence-corrected chi connectivity index (χ3v) is 4.81. The fourth-order valence-corrected chi connectivity index (χ4v) is 3.28. The number of carbonyl (C=O) groups is 1. The topological polar surface area (TPSA) is 58.1 Å². The van der Waals surface area contributed by atoms with Crippen molar-refractivity contribution < 1.29 is 4.79 Å². The molecule has 144 valence electrons. The molecule has 5 nitrogen and oxygen atoms in total. The number of carbonyl (C=O) groups excluding carboxylic acids is 1. The lowest BCUT2D eigenvalue weighted by Gasteiger charge is -2.21. The number of amides is 1. The molecular weight excluding hydrogens is 348 g/mol. The van der Waals surface area contributed by atoms with Crippen molar-refractivity contribution in [1.29, 1.82) is 0 Å². The first-order valence-corrected chi connectivity index (χ1v) is 9.45. The van der Waals surface area contributed by atoms with Crippen LogP contribution in [0.1, 0.15) is 32.7 Å². The molecule has 0 saturated carbocycles. The molecule has 1 N–H and O–H groups in total. The molecule has 0 aliphatic heterocycles. The van der Waals surface area contributed by atoms with E-state index in [0.717, 1.165) is 46.7 Å². The van der Waals surface area contributed by atoms with Crippen LogP contribution in [0.15, 0.2) is 60.9 Å². The summed E-state index contributed by atoms with van der Waals surface area (Å²) in [5, 5.41) is 3.05. The first-order valence-electron chi connectivity index (χ1n) is 9.45. The van der Waals surface area contributed by atoms with Crippen LogP contribution < -0.4 is 10.2 Å². The molecule has 0 saturated heterocycles. The van der Waals surface area contributed by atoms with E-state index in [1.165, 1.54) is 0 Å². The zero-order chi connectivity index (χ0) is 19.9. The average molecular weight is 374 g/mol. The van der Waals surface area contributed by atoms with Crippen molar-refractivity contribution in [3.8, 4) is 0 Å². The second-order valence-corrected chi connectivity index (χ2v) is 6.93. The number of rotatable bonds is 7. The molecule has 1 amide bonds. The lowest BCUT2D eigenvalue weighted by molar-refractivity contribution is 0.0949. The molecule has 28 heavy (non-hydrogen) atoms. The van der Waals surface area contributed by atoms with Crippen LogP contribution >= 0.6 is 0 Å². The molecule has 0 spiro atoms. The summed E-state index contributed by atoms with van der Waals surface area (Å²) in [7, 11) is 2.02. The molecule has 3 rings (SSSR count). The van der Waals surface area contributed by atoms with E-state index < -0.39 is 0 Å². The lowest BCUT2D eigenvalue weighted by Crippen LogP contribution is -2.27. The van der Waals surface area contributed by atoms with E-state index in [4.69, 9.17) is 0 Å². The number of anilines is 1. The summed E-state index contributed by atoms with van der Waals surface area (Å²) in [5.74, 6) is 0.821. The second-order valence-electron chi connectivity index (χ2n) is 6.93. The molecule has 0 unspecified atom stereocenters. The molecule has 0 aliphatic rings. The van der Waals surface area contributed by atoms with Crippen molar-refractivity contribution in [2.24, 2.45) is 0 Å². The molecule has 0 bridgehead atoms. The molecule has 0 fully saturated rings. The summed E-state index contributed by atoms with van der Waals surface area (Å²) in [6.07, 6.45) is 4.43. The van der Waals surface area contributed by atoms with E-state index in [1.807, 2.05) is 75.6 Å². The number of aryl methyl sites for hydroxylation is 2. The third-order valence-electron chi connectivity index (χ3n) is 4.81. The lowest BCUT2D eigenvalue weighted by atomic mass is 10.0. The SMILES string of the molecule is Cc1cccc(C)c1C(=O)NCc1cccnc1N(C)CCc1ccccn1. The molecule has 3 aromatic rings. The van der Waals surface area contributed by atoms with Gasteiger partial charge in [-0.1, -0.05) is 30.3 Å². The number of benzene rings is 1. The summed E-state index contributed by atoms with van der Waals surface area (Å²) in [5.41, 5.74) is 4.75. The first kappa shape index (κ1) is 19.5. The fraction of sp³-hybridized carbons (Fsp3) is 0.261. The van der Waals surface area contributed by atoms with Crippen molar-refractivity contribution >= 4 is 11.7 Å². The number of pyridine rings is 2. The van der Waals surface area contributed by atoms with Gasteiger partial charge in [0.05, 0.1) is 0 Å². The van der Waals surface area contributed by atoms with Crippen molar-refractivity contribution in [2.75, 3.05) is 18.5 Å². The summed E-state index contributed by atoms with van der Waals surface area (Å²) < 4.78 is 0. The standard InChI is InChI=1S/C23H26N4O/c1-17-8-6-9-18(2)21(17)23(28)26-16-19-10-7-14-25-22(19)27(3)15-12-20-11-4-5-13-24-20/h4-11,13-14H,12,15-16H2,1-3H3,(H,26,28). The van der Waals surface area contributed by atoms with Gasteiger partial charge in [0.1, 0.15) is 5.82 Å². The Hall–Kier alpha value is -3.21. The summed E-state index contributed by atoms with van der Waals surface area (Å²) in [6.45, 7) is 5.15. The molecule has 0 atom stereocenters. The van der Waals surface area contributed by atoms with Crippen molar-refractivity contribution in [3.63, 3.8) is 0 Å². The highest BCUT2D eigenvalue weighted by Gasteiger charge is 2.14. The normalized spacial score (nSPS) is 10.5. The Morgan fingerprint density at radius 3 is 2.43 bits per heavy atom. The fourth-order valence-electron chi connectivity index (χ4n) is 3.28.